The molecule has 8 heteroatoms. The number of piperidine rings is 1. The van der Waals surface area contributed by atoms with Gasteiger partial charge in [0.2, 0.25) is 0 Å². The molecule has 0 aromatic carbocycles. The van der Waals surface area contributed by atoms with E-state index in [1.165, 1.54) is 6.20 Å². The molecule has 0 spiro atoms. The third-order valence-electron chi connectivity index (χ3n) is 5.06. The summed E-state index contributed by atoms with van der Waals surface area (Å²) in [5.74, 6) is -0.467. The van der Waals surface area contributed by atoms with E-state index in [9.17, 15) is 9.59 Å². The van der Waals surface area contributed by atoms with E-state index in [2.05, 4.69) is 27.4 Å². The Hall–Kier alpha value is -2.64. The second-order valence-corrected chi connectivity index (χ2v) is 6.55. The Morgan fingerprint density at radius 1 is 1.32 bits per heavy atom. The number of hydrogen-bond acceptors (Lipinski definition) is 5. The van der Waals surface area contributed by atoms with Crippen molar-refractivity contribution >= 4 is 34.2 Å². The number of anilines is 2. The van der Waals surface area contributed by atoms with Gasteiger partial charge in [-0.2, -0.15) is 5.10 Å². The van der Waals surface area contributed by atoms with E-state index < -0.39 is 11.8 Å². The molecule has 0 bridgehead atoms. The van der Waals surface area contributed by atoms with Gasteiger partial charge in [0.25, 0.3) is 0 Å². The number of carbonyl (C=O) groups is 2. The number of pyridine rings is 1. The molecule has 1 fully saturated rings. The molecule has 8 nitrogen and oxygen atoms in total. The minimum Gasteiger partial charge on any atom is -0.397 e. The lowest BCUT2D eigenvalue weighted by Crippen LogP contribution is -2.50. The van der Waals surface area contributed by atoms with Crippen LogP contribution in [0.2, 0.25) is 0 Å². The summed E-state index contributed by atoms with van der Waals surface area (Å²) >= 11 is 0. The number of likely N-dealkylation sites (tertiary alicyclic amines) is 1. The summed E-state index contributed by atoms with van der Waals surface area (Å²) in [5, 5.41) is 9.94. The maximum atomic E-state index is 12.7. The molecule has 0 saturated carbocycles. The number of nitrogen functional groups attached to an aromatic ring is 1. The van der Waals surface area contributed by atoms with Crippen molar-refractivity contribution in [3.63, 3.8) is 0 Å². The normalized spacial score (nSPS) is 20.6. The van der Waals surface area contributed by atoms with E-state index in [0.717, 1.165) is 25.7 Å². The highest BCUT2D eigenvalue weighted by Gasteiger charge is 2.33. The van der Waals surface area contributed by atoms with Crippen LogP contribution in [0, 0.1) is 5.92 Å². The topological polar surface area (TPSA) is 117 Å². The first kappa shape index (κ1) is 17.2. The Balaban J connectivity index is 1.78. The van der Waals surface area contributed by atoms with E-state index in [4.69, 9.17) is 5.73 Å². The quantitative estimate of drug-likeness (QED) is 0.735. The van der Waals surface area contributed by atoms with Crippen LogP contribution in [0.25, 0.3) is 10.9 Å². The molecule has 2 atom stereocenters. The summed E-state index contributed by atoms with van der Waals surface area (Å²) < 4.78 is 0. The second-order valence-electron chi connectivity index (χ2n) is 6.55. The predicted molar refractivity (Wildman–Crippen MR) is 95.7 cm³/mol. The smallest absolute Gasteiger partial charge is 0.315 e. The highest BCUT2D eigenvalue weighted by molar-refractivity contribution is 6.40. The van der Waals surface area contributed by atoms with E-state index in [1.54, 1.807) is 11.1 Å². The average Bonchev–Trinajstić information content (AvgIpc) is 3.13. The molecule has 0 radical (unpaired) electrons. The van der Waals surface area contributed by atoms with E-state index in [-0.39, 0.29) is 11.9 Å². The number of H-pyrrole nitrogens is 1. The molecule has 134 valence electrons. The van der Waals surface area contributed by atoms with Crippen molar-refractivity contribution in [3.8, 4) is 0 Å². The van der Waals surface area contributed by atoms with Gasteiger partial charge in [-0.1, -0.05) is 20.3 Å². The average molecular weight is 344 g/mol. The first-order valence-corrected chi connectivity index (χ1v) is 8.74. The molecule has 25 heavy (non-hydrogen) atoms. The van der Waals surface area contributed by atoms with Crippen molar-refractivity contribution in [2.45, 2.75) is 45.6 Å². The number of aromatic amines is 1. The number of rotatable bonds is 3. The Morgan fingerprint density at radius 3 is 2.84 bits per heavy atom. The zero-order valence-electron chi connectivity index (χ0n) is 14.6. The van der Waals surface area contributed by atoms with Crippen LogP contribution in [0.15, 0.2) is 12.4 Å². The molecule has 2 amide bonds. The summed E-state index contributed by atoms with van der Waals surface area (Å²) in [5.41, 5.74) is 6.80. The highest BCUT2D eigenvalue weighted by atomic mass is 16.2. The zero-order valence-corrected chi connectivity index (χ0v) is 14.6. The molecule has 1 saturated heterocycles. The molecule has 2 aromatic rings. The number of nitrogens with one attached hydrogen (secondary N) is 2. The first-order chi connectivity index (χ1) is 12.0. The van der Waals surface area contributed by atoms with Gasteiger partial charge < -0.3 is 16.0 Å². The van der Waals surface area contributed by atoms with Gasteiger partial charge in [0.1, 0.15) is 5.52 Å². The van der Waals surface area contributed by atoms with Gasteiger partial charge >= 0.3 is 11.8 Å². The number of carbonyl (C=O) groups excluding carboxylic acids is 2. The minimum atomic E-state index is -0.677. The zero-order chi connectivity index (χ0) is 18.0. The summed E-state index contributed by atoms with van der Waals surface area (Å²) in [6.45, 7) is 4.80. The summed E-state index contributed by atoms with van der Waals surface area (Å²) in [7, 11) is 0. The number of nitrogens with two attached hydrogens (primary N) is 1. The van der Waals surface area contributed by atoms with Crippen LogP contribution in [0.3, 0.4) is 0 Å². The lowest BCUT2D eigenvalue weighted by Gasteiger charge is -2.38. The maximum Gasteiger partial charge on any atom is 0.315 e. The van der Waals surface area contributed by atoms with Crippen LogP contribution in [0.5, 0.6) is 0 Å². The van der Waals surface area contributed by atoms with E-state index in [1.807, 2.05) is 6.92 Å². The van der Waals surface area contributed by atoms with Gasteiger partial charge in [-0.3, -0.25) is 14.7 Å². The fourth-order valence-corrected chi connectivity index (χ4v) is 3.45. The predicted octanol–water partition coefficient (Wildman–Crippen LogP) is 1.91. The van der Waals surface area contributed by atoms with Gasteiger partial charge in [-0.15, -0.1) is 0 Å². The van der Waals surface area contributed by atoms with E-state index >= 15 is 0 Å². The number of hydrogen-bond donors (Lipinski definition) is 3. The van der Waals surface area contributed by atoms with Crippen LogP contribution in [0.4, 0.5) is 11.5 Å². The lowest BCUT2D eigenvalue weighted by molar-refractivity contribution is -0.146. The molecule has 0 unspecified atom stereocenters. The van der Waals surface area contributed by atoms with Crippen molar-refractivity contribution < 1.29 is 9.59 Å². The lowest BCUT2D eigenvalue weighted by atomic mass is 9.89. The number of aromatic nitrogens is 3. The summed E-state index contributed by atoms with van der Waals surface area (Å²) in [6.07, 6.45) is 6.92. The largest absolute Gasteiger partial charge is 0.397 e. The molecule has 1 aliphatic rings. The second kappa shape index (κ2) is 7.08. The van der Waals surface area contributed by atoms with Crippen molar-refractivity contribution in [2.24, 2.45) is 5.92 Å². The fraction of sp³-hybridized carbons (Fsp3) is 0.529. The first-order valence-electron chi connectivity index (χ1n) is 8.74. The van der Waals surface area contributed by atoms with Gasteiger partial charge in [0, 0.05) is 18.0 Å². The molecular weight excluding hydrogens is 320 g/mol. The summed E-state index contributed by atoms with van der Waals surface area (Å²) in [6, 6.07) is 0.118. The number of amides is 2. The Kier molecular flexibility index (Phi) is 4.87. The van der Waals surface area contributed by atoms with Crippen molar-refractivity contribution in [2.75, 3.05) is 17.6 Å². The Bertz CT molecular complexity index is 787. The molecule has 0 aliphatic carbocycles. The van der Waals surface area contributed by atoms with Crippen LogP contribution < -0.4 is 11.1 Å². The number of nitrogens with zero attached hydrogens (tertiary/aromatic N) is 3. The van der Waals surface area contributed by atoms with Gasteiger partial charge in [-0.25, -0.2) is 4.98 Å². The monoisotopic (exact) mass is 344 g/mol. The Morgan fingerprint density at radius 2 is 2.12 bits per heavy atom. The van der Waals surface area contributed by atoms with Crippen LogP contribution in [-0.4, -0.2) is 44.5 Å². The van der Waals surface area contributed by atoms with Crippen LogP contribution >= 0.6 is 0 Å². The van der Waals surface area contributed by atoms with Crippen molar-refractivity contribution in [1.29, 1.82) is 0 Å². The van der Waals surface area contributed by atoms with Gasteiger partial charge in [0.05, 0.1) is 18.1 Å². The molecular formula is C17H24N6O2. The Labute approximate surface area is 146 Å². The highest BCUT2D eigenvalue weighted by Crippen LogP contribution is 2.27. The van der Waals surface area contributed by atoms with Crippen LogP contribution in [0.1, 0.15) is 39.5 Å². The summed E-state index contributed by atoms with van der Waals surface area (Å²) in [4.78, 5) is 31.1. The maximum absolute atomic E-state index is 12.7. The van der Waals surface area contributed by atoms with Crippen molar-refractivity contribution in [3.05, 3.63) is 12.4 Å². The van der Waals surface area contributed by atoms with Gasteiger partial charge in [0.15, 0.2) is 5.82 Å². The molecule has 2 aromatic heterocycles. The SMILES string of the molecule is CC[C@@H]1CC[C@H](CC)N(C(=O)C(=O)Nc2ncc(N)c3cn[nH]c23)C1. The fourth-order valence-electron chi connectivity index (χ4n) is 3.45. The van der Waals surface area contributed by atoms with Crippen molar-refractivity contribution in [1.82, 2.24) is 20.1 Å². The van der Waals surface area contributed by atoms with Gasteiger partial charge in [-0.05, 0) is 25.2 Å². The molecule has 3 rings (SSSR count). The third kappa shape index (κ3) is 3.29. The third-order valence-corrected chi connectivity index (χ3v) is 5.06. The molecule has 4 N–H and O–H groups in total. The standard InChI is InChI=1S/C17H24N6O2/c1-3-10-5-6-11(4-2)23(9-10)17(25)16(24)21-15-14-12(7-20-22-14)13(18)8-19-15/h7-8,10-11H,3-6,9,18H2,1-2H3,(H,20,22)(H,19,21,24)/t10-,11+/m1/s1. The molecule has 1 aliphatic heterocycles. The van der Waals surface area contributed by atoms with E-state index in [0.29, 0.717) is 29.1 Å². The minimum absolute atomic E-state index is 0.118. The number of fused-ring (bicyclic) bond motifs is 1. The van der Waals surface area contributed by atoms with Crippen LogP contribution in [-0.2, 0) is 9.59 Å². The molecule has 3 heterocycles.